The Bertz CT molecular complexity index is 967. The fourth-order valence-corrected chi connectivity index (χ4v) is 3.07. The van der Waals surface area contributed by atoms with Gasteiger partial charge in [0, 0.05) is 47.1 Å². The van der Waals surface area contributed by atoms with Crippen LogP contribution in [0.3, 0.4) is 0 Å². The molecule has 1 aliphatic rings. The SMILES string of the molecule is COc1ccc2c(/C=C3/C(=O)Nc4ccccc43)cn(C)c2c1. The second-order valence-electron chi connectivity index (χ2n) is 5.64. The molecule has 0 atom stereocenters. The van der Waals surface area contributed by atoms with Crippen LogP contribution in [0.1, 0.15) is 11.1 Å². The van der Waals surface area contributed by atoms with E-state index in [1.165, 1.54) is 0 Å². The molecule has 114 valence electrons. The molecule has 23 heavy (non-hydrogen) atoms. The minimum atomic E-state index is -0.0586. The molecule has 2 heterocycles. The maximum atomic E-state index is 12.3. The Balaban J connectivity index is 1.89. The van der Waals surface area contributed by atoms with E-state index in [2.05, 4.69) is 5.32 Å². The highest BCUT2D eigenvalue weighted by Gasteiger charge is 2.23. The van der Waals surface area contributed by atoms with Gasteiger partial charge in [0.2, 0.25) is 0 Å². The zero-order chi connectivity index (χ0) is 16.0. The predicted octanol–water partition coefficient (Wildman–Crippen LogP) is 3.68. The quantitative estimate of drug-likeness (QED) is 0.734. The number of carbonyl (C=O) groups is 1. The summed E-state index contributed by atoms with van der Waals surface area (Å²) in [6.07, 6.45) is 3.99. The number of anilines is 1. The number of amides is 1. The molecule has 0 unspecified atom stereocenters. The summed E-state index contributed by atoms with van der Waals surface area (Å²) in [6.45, 7) is 0. The number of para-hydroxylation sites is 1. The Morgan fingerprint density at radius 2 is 2.00 bits per heavy atom. The molecule has 3 aromatic rings. The van der Waals surface area contributed by atoms with Gasteiger partial charge in [0.15, 0.2) is 0 Å². The smallest absolute Gasteiger partial charge is 0.256 e. The first-order valence-electron chi connectivity index (χ1n) is 7.43. The molecule has 0 radical (unpaired) electrons. The maximum absolute atomic E-state index is 12.3. The highest BCUT2D eigenvalue weighted by Crippen LogP contribution is 2.34. The van der Waals surface area contributed by atoms with Gasteiger partial charge in [0.05, 0.1) is 12.6 Å². The molecule has 0 fully saturated rings. The normalized spacial score (nSPS) is 15.0. The van der Waals surface area contributed by atoms with Crippen LogP contribution in [-0.4, -0.2) is 17.6 Å². The minimum absolute atomic E-state index is 0.0586. The zero-order valence-corrected chi connectivity index (χ0v) is 13.0. The third-order valence-corrected chi connectivity index (χ3v) is 4.24. The van der Waals surface area contributed by atoms with E-state index >= 15 is 0 Å². The summed E-state index contributed by atoms with van der Waals surface area (Å²) in [7, 11) is 3.65. The summed E-state index contributed by atoms with van der Waals surface area (Å²) >= 11 is 0. The number of fused-ring (bicyclic) bond motifs is 2. The van der Waals surface area contributed by atoms with Crippen LogP contribution in [0.4, 0.5) is 5.69 Å². The lowest BCUT2D eigenvalue weighted by atomic mass is 10.0. The number of aromatic nitrogens is 1. The van der Waals surface area contributed by atoms with Crippen molar-refractivity contribution in [3.05, 3.63) is 59.8 Å². The van der Waals surface area contributed by atoms with Gasteiger partial charge >= 0.3 is 0 Å². The molecule has 0 spiro atoms. The van der Waals surface area contributed by atoms with Crippen LogP contribution in [0.25, 0.3) is 22.6 Å². The lowest BCUT2D eigenvalue weighted by Crippen LogP contribution is -2.03. The van der Waals surface area contributed by atoms with Crippen molar-refractivity contribution in [3.8, 4) is 5.75 Å². The molecule has 1 aliphatic heterocycles. The largest absolute Gasteiger partial charge is 0.497 e. The molecule has 4 heteroatoms. The highest BCUT2D eigenvalue weighted by molar-refractivity contribution is 6.35. The molecule has 0 bridgehead atoms. The first-order chi connectivity index (χ1) is 11.2. The number of methoxy groups -OCH3 is 1. The van der Waals surface area contributed by atoms with Gasteiger partial charge in [-0.15, -0.1) is 0 Å². The molecule has 0 aliphatic carbocycles. The van der Waals surface area contributed by atoms with Crippen LogP contribution in [0.15, 0.2) is 48.7 Å². The van der Waals surface area contributed by atoms with Crippen LogP contribution < -0.4 is 10.1 Å². The van der Waals surface area contributed by atoms with Crippen molar-refractivity contribution < 1.29 is 9.53 Å². The number of aryl methyl sites for hydroxylation is 1. The van der Waals surface area contributed by atoms with Gasteiger partial charge in [0.25, 0.3) is 5.91 Å². The van der Waals surface area contributed by atoms with Crippen LogP contribution in [0.2, 0.25) is 0 Å². The maximum Gasteiger partial charge on any atom is 0.256 e. The van der Waals surface area contributed by atoms with E-state index in [0.717, 1.165) is 33.5 Å². The van der Waals surface area contributed by atoms with Crippen molar-refractivity contribution in [2.45, 2.75) is 0 Å². The first kappa shape index (κ1) is 13.6. The van der Waals surface area contributed by atoms with Crippen molar-refractivity contribution in [1.29, 1.82) is 0 Å². The predicted molar refractivity (Wildman–Crippen MR) is 92.4 cm³/mol. The van der Waals surface area contributed by atoms with Gasteiger partial charge in [-0.3, -0.25) is 4.79 Å². The highest BCUT2D eigenvalue weighted by atomic mass is 16.5. The van der Waals surface area contributed by atoms with Crippen LogP contribution in [0, 0.1) is 0 Å². The number of carbonyl (C=O) groups excluding carboxylic acids is 1. The van der Waals surface area contributed by atoms with Crippen molar-refractivity contribution in [3.63, 3.8) is 0 Å². The minimum Gasteiger partial charge on any atom is -0.497 e. The molecule has 2 aromatic carbocycles. The molecular formula is C19H16N2O2. The molecule has 1 amide bonds. The molecule has 0 saturated carbocycles. The fraction of sp³-hybridized carbons (Fsp3) is 0.105. The van der Waals surface area contributed by atoms with E-state index in [9.17, 15) is 4.79 Å². The Kier molecular flexibility index (Phi) is 2.98. The van der Waals surface area contributed by atoms with Crippen LogP contribution in [0.5, 0.6) is 5.75 Å². The first-order valence-corrected chi connectivity index (χ1v) is 7.43. The zero-order valence-electron chi connectivity index (χ0n) is 13.0. The summed E-state index contributed by atoms with van der Waals surface area (Å²) in [5.74, 6) is 0.763. The van der Waals surface area contributed by atoms with Gasteiger partial charge in [-0.05, 0) is 24.3 Å². The van der Waals surface area contributed by atoms with E-state index in [1.54, 1.807) is 7.11 Å². The van der Waals surface area contributed by atoms with Gasteiger partial charge < -0.3 is 14.6 Å². The van der Waals surface area contributed by atoms with E-state index in [0.29, 0.717) is 5.57 Å². The molecule has 1 N–H and O–H groups in total. The Hall–Kier alpha value is -3.01. The third-order valence-electron chi connectivity index (χ3n) is 4.24. The molecule has 0 saturated heterocycles. The van der Waals surface area contributed by atoms with E-state index in [1.807, 2.05) is 66.4 Å². The summed E-state index contributed by atoms with van der Waals surface area (Å²) in [4.78, 5) is 12.3. The van der Waals surface area contributed by atoms with E-state index in [-0.39, 0.29) is 5.91 Å². The Morgan fingerprint density at radius 3 is 2.83 bits per heavy atom. The number of rotatable bonds is 2. The topological polar surface area (TPSA) is 43.3 Å². The van der Waals surface area contributed by atoms with E-state index in [4.69, 9.17) is 4.74 Å². The molecular weight excluding hydrogens is 288 g/mol. The van der Waals surface area contributed by atoms with Crippen LogP contribution >= 0.6 is 0 Å². The van der Waals surface area contributed by atoms with Gasteiger partial charge in [0.1, 0.15) is 5.75 Å². The molecule has 1 aromatic heterocycles. The standard InChI is InChI=1S/C19H16N2O2/c1-21-11-12(14-8-7-13(23-2)10-18(14)21)9-16-15-5-3-4-6-17(15)20-19(16)22/h3-11H,1-2H3,(H,20,22)/b16-9+. The van der Waals surface area contributed by atoms with E-state index < -0.39 is 0 Å². The number of ether oxygens (including phenoxy) is 1. The van der Waals surface area contributed by atoms with Crippen LogP contribution in [-0.2, 0) is 11.8 Å². The number of nitrogens with zero attached hydrogens (tertiary/aromatic N) is 1. The second-order valence-corrected chi connectivity index (χ2v) is 5.64. The summed E-state index contributed by atoms with van der Waals surface area (Å²) < 4.78 is 7.34. The van der Waals surface area contributed by atoms with Gasteiger partial charge in [-0.1, -0.05) is 18.2 Å². The van der Waals surface area contributed by atoms with Crippen molar-refractivity contribution in [2.75, 3.05) is 12.4 Å². The third kappa shape index (κ3) is 2.11. The van der Waals surface area contributed by atoms with Crippen molar-refractivity contribution in [2.24, 2.45) is 7.05 Å². The van der Waals surface area contributed by atoms with Crippen molar-refractivity contribution >= 4 is 34.1 Å². The molecule has 4 nitrogen and oxygen atoms in total. The van der Waals surface area contributed by atoms with Gasteiger partial charge in [-0.25, -0.2) is 0 Å². The lowest BCUT2D eigenvalue weighted by molar-refractivity contribution is -0.110. The lowest BCUT2D eigenvalue weighted by Gasteiger charge is -2.01. The summed E-state index contributed by atoms with van der Waals surface area (Å²) in [6, 6.07) is 13.7. The molecule has 4 rings (SSSR count). The Morgan fingerprint density at radius 1 is 1.17 bits per heavy atom. The average Bonchev–Trinajstić information content (AvgIpc) is 3.05. The second kappa shape index (κ2) is 5.02. The monoisotopic (exact) mass is 304 g/mol. The number of nitrogens with one attached hydrogen (secondary N) is 1. The van der Waals surface area contributed by atoms with Crippen molar-refractivity contribution in [1.82, 2.24) is 4.57 Å². The fourth-order valence-electron chi connectivity index (χ4n) is 3.07. The number of hydrogen-bond donors (Lipinski definition) is 1. The van der Waals surface area contributed by atoms with Gasteiger partial charge in [-0.2, -0.15) is 0 Å². The Labute approximate surface area is 134 Å². The number of benzene rings is 2. The number of hydrogen-bond acceptors (Lipinski definition) is 2. The average molecular weight is 304 g/mol. The summed E-state index contributed by atoms with van der Waals surface area (Å²) in [5, 5.41) is 4.00. The summed E-state index contributed by atoms with van der Waals surface area (Å²) in [5.41, 5.74) is 4.60.